The van der Waals surface area contributed by atoms with Crippen molar-refractivity contribution in [3.8, 4) is 33.4 Å². The van der Waals surface area contributed by atoms with Crippen molar-refractivity contribution in [2.24, 2.45) is 0 Å². The molecule has 0 saturated heterocycles. The lowest BCUT2D eigenvalue weighted by Gasteiger charge is -2.51. The second kappa shape index (κ2) is 13.4. The molecule has 18 rings (SSSR count). The topological polar surface area (TPSA) is 21.7 Å². The summed E-state index contributed by atoms with van der Waals surface area (Å²) in [7, 11) is 0. The SMILES string of the molecule is Cc1cc(C)c(-c2cc3c4c5c(ncc4n4c6c(-c7ccccc7)c7c8cc(C(C)(C)C)cc9c%10c%11c(ccc%10n(c7c(-c7ccccc7)c6c(c2)c34)c98)C2CCC%11CC2)C2(C)CCC5(C)CC2)c(C)c1. The van der Waals surface area contributed by atoms with E-state index in [2.05, 4.69) is 180 Å². The monoisotopic (exact) mass is 919 g/mol. The predicted molar refractivity (Wildman–Crippen MR) is 300 cm³/mol. The Morgan fingerprint density at radius 1 is 0.507 bits per heavy atom. The Morgan fingerprint density at radius 2 is 1.03 bits per heavy atom. The van der Waals surface area contributed by atoms with E-state index >= 15 is 0 Å². The molecule has 12 aromatic rings. The number of pyridine rings is 1. The summed E-state index contributed by atoms with van der Waals surface area (Å²) in [5.74, 6) is 1.29. The number of aryl methyl sites for hydroxylation is 3. The van der Waals surface area contributed by atoms with Crippen LogP contribution in [0.4, 0.5) is 0 Å². The maximum atomic E-state index is 5.68. The Kier molecular flexibility index (Phi) is 7.74. The minimum absolute atomic E-state index is 0.0554. The van der Waals surface area contributed by atoms with Crippen molar-refractivity contribution in [3.63, 3.8) is 0 Å². The number of nitrogens with zero attached hydrogens (tertiary/aromatic N) is 3. The number of aromatic nitrogens is 3. The van der Waals surface area contributed by atoms with E-state index in [9.17, 15) is 0 Å². The third-order valence-corrected chi connectivity index (χ3v) is 19.6. The van der Waals surface area contributed by atoms with E-state index in [4.69, 9.17) is 4.98 Å². The molecule has 2 saturated carbocycles. The minimum Gasteiger partial charge on any atom is -0.307 e. The standard InChI is InChI=1S/C68H61N3/c1-36-29-37(2)52(38(3)30-36)43-31-46-57-51(35-69-65-60(57)67(7)25-27-68(65,8)28-26-67)71-61(46)47(32-43)58-54(40-15-11-9-12-16-40)63-59(55(64(58)71)41-17-13-10-14-18-41)49-34-44(66(4,5)6)33-48-56-50(70(63)62(48)49)24-23-45-39-19-21-42(22-20-39)53(45)56/h9-18,23-24,29-35,39,42H,19-22,25-28H2,1-8H3. The van der Waals surface area contributed by atoms with Crippen LogP contribution in [0.1, 0.15) is 142 Å². The Bertz CT molecular complexity index is 4280. The fraction of sp³-hybridized carbons (Fsp3) is 0.309. The van der Waals surface area contributed by atoms with Crippen LogP contribution in [-0.4, -0.2) is 13.8 Å². The molecule has 0 unspecified atom stereocenters. The normalized spacial score (nSPS) is 22.0. The lowest BCUT2D eigenvalue weighted by Crippen LogP contribution is -2.45. The molecule has 0 spiro atoms. The molecule has 3 nitrogen and oxygen atoms in total. The van der Waals surface area contributed by atoms with Crippen molar-refractivity contribution in [2.45, 2.75) is 135 Å². The van der Waals surface area contributed by atoms with Gasteiger partial charge in [-0.15, -0.1) is 0 Å². The van der Waals surface area contributed by atoms with Gasteiger partial charge in [-0.3, -0.25) is 4.98 Å². The maximum absolute atomic E-state index is 5.68. The summed E-state index contributed by atoms with van der Waals surface area (Å²) in [5.41, 5.74) is 27.5. The van der Waals surface area contributed by atoms with Crippen molar-refractivity contribution in [1.82, 2.24) is 13.8 Å². The molecule has 5 aromatic heterocycles. The van der Waals surface area contributed by atoms with Gasteiger partial charge in [0, 0.05) is 59.6 Å². The lowest BCUT2D eigenvalue weighted by molar-refractivity contribution is 0.184. The molecule has 71 heavy (non-hydrogen) atoms. The lowest BCUT2D eigenvalue weighted by atomic mass is 9.53. The van der Waals surface area contributed by atoms with Crippen LogP contribution in [0.5, 0.6) is 0 Å². The van der Waals surface area contributed by atoms with Crippen LogP contribution in [0.3, 0.4) is 0 Å². The van der Waals surface area contributed by atoms with Gasteiger partial charge in [-0.2, -0.15) is 0 Å². The van der Waals surface area contributed by atoms with Gasteiger partial charge in [-0.25, -0.2) is 0 Å². The maximum Gasteiger partial charge on any atom is 0.0728 e. The van der Waals surface area contributed by atoms with E-state index in [0.717, 1.165) is 0 Å². The molecular formula is C68H61N3. The first-order valence-electron chi connectivity index (χ1n) is 26.9. The van der Waals surface area contributed by atoms with Crippen LogP contribution in [0.2, 0.25) is 0 Å². The van der Waals surface area contributed by atoms with Gasteiger partial charge in [-0.1, -0.05) is 119 Å². The molecule has 0 amide bonds. The summed E-state index contributed by atoms with van der Waals surface area (Å²) < 4.78 is 5.50. The van der Waals surface area contributed by atoms with Gasteiger partial charge in [-0.05, 0) is 181 Å². The van der Waals surface area contributed by atoms with Crippen LogP contribution in [0, 0.1) is 20.8 Å². The molecule has 2 fully saturated rings. The number of fused-ring (bicyclic) bond motifs is 16. The Morgan fingerprint density at radius 3 is 1.62 bits per heavy atom. The first kappa shape index (κ1) is 41.0. The predicted octanol–water partition coefficient (Wildman–Crippen LogP) is 18.5. The zero-order valence-corrected chi connectivity index (χ0v) is 42.6. The molecule has 3 heteroatoms. The van der Waals surface area contributed by atoms with Crippen LogP contribution in [-0.2, 0) is 16.2 Å². The van der Waals surface area contributed by atoms with E-state index in [0.29, 0.717) is 11.8 Å². The van der Waals surface area contributed by atoms with E-state index in [1.165, 1.54) is 194 Å². The third-order valence-electron chi connectivity index (χ3n) is 19.6. The largest absolute Gasteiger partial charge is 0.307 e. The van der Waals surface area contributed by atoms with Crippen molar-refractivity contribution < 1.29 is 0 Å². The van der Waals surface area contributed by atoms with Crippen molar-refractivity contribution in [1.29, 1.82) is 0 Å². The quantitative estimate of drug-likeness (QED) is 0.173. The highest BCUT2D eigenvalue weighted by Crippen LogP contribution is 2.61. The summed E-state index contributed by atoms with van der Waals surface area (Å²) in [5, 5.41) is 11.2. The zero-order valence-electron chi connectivity index (χ0n) is 42.6. The second-order valence-electron chi connectivity index (χ2n) is 24.8. The molecule has 4 bridgehead atoms. The summed E-state index contributed by atoms with van der Waals surface area (Å²) in [4.78, 5) is 5.68. The second-order valence-corrected chi connectivity index (χ2v) is 24.8. The fourth-order valence-electron chi connectivity index (χ4n) is 16.3. The summed E-state index contributed by atoms with van der Waals surface area (Å²) in [6, 6.07) is 43.3. The molecule has 348 valence electrons. The molecular weight excluding hydrogens is 859 g/mol. The molecule has 0 radical (unpaired) electrons. The van der Waals surface area contributed by atoms with Crippen LogP contribution >= 0.6 is 0 Å². The molecule has 0 atom stereocenters. The fourth-order valence-corrected chi connectivity index (χ4v) is 16.3. The van der Waals surface area contributed by atoms with Gasteiger partial charge >= 0.3 is 0 Å². The van der Waals surface area contributed by atoms with Crippen molar-refractivity contribution in [3.05, 3.63) is 160 Å². The molecule has 0 N–H and O–H groups in total. The minimum atomic E-state index is -0.0554. The molecule has 6 aliphatic carbocycles. The van der Waals surface area contributed by atoms with E-state index in [1.54, 1.807) is 11.1 Å². The van der Waals surface area contributed by atoms with Gasteiger partial charge in [0.15, 0.2) is 0 Å². The van der Waals surface area contributed by atoms with Crippen LogP contribution in [0.15, 0.2) is 115 Å². The number of hydrogen-bond acceptors (Lipinski definition) is 1. The van der Waals surface area contributed by atoms with Crippen molar-refractivity contribution >= 4 is 76.2 Å². The van der Waals surface area contributed by atoms with Gasteiger partial charge in [0.25, 0.3) is 0 Å². The molecule has 0 aliphatic heterocycles. The number of rotatable bonds is 3. The van der Waals surface area contributed by atoms with Gasteiger partial charge in [0.2, 0.25) is 0 Å². The van der Waals surface area contributed by atoms with Gasteiger partial charge < -0.3 is 8.80 Å². The Hall–Kier alpha value is -6.71. The Labute approximate surface area is 416 Å². The number of benzene rings is 7. The first-order chi connectivity index (χ1) is 34.3. The highest BCUT2D eigenvalue weighted by molar-refractivity contribution is 6.38. The van der Waals surface area contributed by atoms with Crippen LogP contribution < -0.4 is 0 Å². The average Bonchev–Trinajstić information content (AvgIpc) is 4.14. The van der Waals surface area contributed by atoms with Crippen LogP contribution in [0.25, 0.3) is 110 Å². The highest BCUT2D eigenvalue weighted by atomic mass is 15.0. The smallest absolute Gasteiger partial charge is 0.0728 e. The molecule has 7 aromatic carbocycles. The summed E-state index contributed by atoms with van der Waals surface area (Å²) >= 11 is 0. The molecule has 6 aliphatic rings. The molecule has 5 heterocycles. The summed E-state index contributed by atoms with van der Waals surface area (Å²) in [6.45, 7) is 19.2. The third kappa shape index (κ3) is 5.04. The van der Waals surface area contributed by atoms with Gasteiger partial charge in [0.05, 0.1) is 45.0 Å². The summed E-state index contributed by atoms with van der Waals surface area (Å²) in [6.07, 6.45) is 12.4. The first-order valence-corrected chi connectivity index (χ1v) is 26.9. The van der Waals surface area contributed by atoms with E-state index < -0.39 is 0 Å². The van der Waals surface area contributed by atoms with E-state index in [-0.39, 0.29) is 16.2 Å². The van der Waals surface area contributed by atoms with E-state index in [1.807, 2.05) is 0 Å². The average molecular weight is 920 g/mol. The highest BCUT2D eigenvalue weighted by Gasteiger charge is 2.50. The Balaban J connectivity index is 1.22. The zero-order chi connectivity index (χ0) is 47.8. The van der Waals surface area contributed by atoms with Crippen molar-refractivity contribution in [2.75, 3.05) is 0 Å². The number of hydrogen-bond donors (Lipinski definition) is 0. The van der Waals surface area contributed by atoms with Gasteiger partial charge in [0.1, 0.15) is 0 Å².